The number of carbonyl (C=O) groups is 1. The van der Waals surface area contributed by atoms with E-state index < -0.39 is 12.0 Å². The van der Waals surface area contributed by atoms with E-state index in [0.717, 1.165) is 12.8 Å². The largest absolute Gasteiger partial charge is 0.480 e. The Morgan fingerprint density at radius 2 is 2.46 bits per heavy atom. The van der Waals surface area contributed by atoms with Gasteiger partial charge in [-0.25, -0.2) is 14.5 Å². The molecular formula is C8H13N3O2. The molecule has 0 amide bonds. The van der Waals surface area contributed by atoms with Gasteiger partial charge in [-0.2, -0.15) is 5.10 Å². The molecule has 1 unspecified atom stereocenters. The van der Waals surface area contributed by atoms with E-state index in [1.807, 2.05) is 6.92 Å². The van der Waals surface area contributed by atoms with Crippen molar-refractivity contribution in [3.05, 3.63) is 12.7 Å². The molecule has 1 atom stereocenters. The zero-order valence-electron chi connectivity index (χ0n) is 7.55. The Morgan fingerprint density at radius 3 is 2.92 bits per heavy atom. The van der Waals surface area contributed by atoms with Crippen LogP contribution in [0.25, 0.3) is 0 Å². The molecule has 0 aliphatic rings. The predicted octanol–water partition coefficient (Wildman–Crippen LogP) is 1.09. The number of hydrogen-bond acceptors (Lipinski definition) is 3. The first-order valence-corrected chi connectivity index (χ1v) is 4.32. The van der Waals surface area contributed by atoms with Crippen LogP contribution in [0.5, 0.6) is 0 Å². The molecule has 0 fully saturated rings. The summed E-state index contributed by atoms with van der Waals surface area (Å²) in [7, 11) is 0. The highest BCUT2D eigenvalue weighted by Gasteiger charge is 2.18. The average Bonchev–Trinajstić information content (AvgIpc) is 2.57. The highest BCUT2D eigenvalue weighted by molar-refractivity contribution is 5.71. The van der Waals surface area contributed by atoms with E-state index in [-0.39, 0.29) is 0 Å². The molecule has 13 heavy (non-hydrogen) atoms. The molecule has 0 aromatic carbocycles. The van der Waals surface area contributed by atoms with Crippen LogP contribution >= 0.6 is 0 Å². The third kappa shape index (κ3) is 2.54. The molecule has 1 aromatic rings. The number of carboxylic acid groups (broad SMARTS) is 1. The van der Waals surface area contributed by atoms with Gasteiger partial charge in [0.05, 0.1) is 0 Å². The minimum atomic E-state index is -0.848. The van der Waals surface area contributed by atoms with Crippen molar-refractivity contribution in [3.63, 3.8) is 0 Å². The molecule has 0 aliphatic heterocycles. The molecule has 0 bridgehead atoms. The number of aromatic nitrogens is 3. The third-order valence-corrected chi connectivity index (χ3v) is 1.87. The standard InChI is InChI=1S/C8H13N3O2/c1-2-3-4-7(8(12)13)11-6-9-5-10-11/h5-7H,2-4H2,1H3,(H,12,13). The molecule has 1 heterocycles. The summed E-state index contributed by atoms with van der Waals surface area (Å²) >= 11 is 0. The number of nitrogens with zero attached hydrogens (tertiary/aromatic N) is 3. The molecular weight excluding hydrogens is 170 g/mol. The second kappa shape index (κ2) is 4.59. The van der Waals surface area contributed by atoms with Crippen LogP contribution in [0, 0.1) is 0 Å². The number of aliphatic carboxylic acids is 1. The average molecular weight is 183 g/mol. The quantitative estimate of drug-likeness (QED) is 0.742. The van der Waals surface area contributed by atoms with Gasteiger partial charge in [0.2, 0.25) is 0 Å². The lowest BCUT2D eigenvalue weighted by molar-refractivity contribution is -0.141. The minimum Gasteiger partial charge on any atom is -0.480 e. The second-order valence-corrected chi connectivity index (χ2v) is 2.87. The fourth-order valence-corrected chi connectivity index (χ4v) is 1.14. The van der Waals surface area contributed by atoms with E-state index in [1.54, 1.807) is 0 Å². The van der Waals surface area contributed by atoms with Crippen LogP contribution < -0.4 is 0 Å². The van der Waals surface area contributed by atoms with Gasteiger partial charge < -0.3 is 5.11 Å². The molecule has 0 saturated carbocycles. The van der Waals surface area contributed by atoms with Crippen molar-refractivity contribution in [1.29, 1.82) is 0 Å². The first-order chi connectivity index (χ1) is 6.25. The van der Waals surface area contributed by atoms with Crippen molar-refractivity contribution in [2.45, 2.75) is 32.2 Å². The lowest BCUT2D eigenvalue weighted by atomic mass is 10.1. The van der Waals surface area contributed by atoms with E-state index >= 15 is 0 Å². The molecule has 0 aliphatic carbocycles. The first kappa shape index (κ1) is 9.70. The van der Waals surface area contributed by atoms with Crippen molar-refractivity contribution in [1.82, 2.24) is 14.8 Å². The van der Waals surface area contributed by atoms with Gasteiger partial charge in [0.15, 0.2) is 6.04 Å². The molecule has 0 spiro atoms. The smallest absolute Gasteiger partial charge is 0.328 e. The van der Waals surface area contributed by atoms with Gasteiger partial charge in [-0.15, -0.1) is 0 Å². The lowest BCUT2D eigenvalue weighted by Gasteiger charge is -2.10. The zero-order valence-corrected chi connectivity index (χ0v) is 7.55. The van der Waals surface area contributed by atoms with Crippen LogP contribution in [0.1, 0.15) is 32.2 Å². The maximum atomic E-state index is 10.8. The molecule has 1 rings (SSSR count). The Morgan fingerprint density at radius 1 is 1.69 bits per heavy atom. The summed E-state index contributed by atoms with van der Waals surface area (Å²) in [6.07, 6.45) is 5.26. The molecule has 0 radical (unpaired) electrons. The maximum absolute atomic E-state index is 10.8. The summed E-state index contributed by atoms with van der Waals surface area (Å²) in [5.74, 6) is -0.848. The van der Waals surface area contributed by atoms with Gasteiger partial charge in [0, 0.05) is 0 Å². The summed E-state index contributed by atoms with van der Waals surface area (Å²) in [6.45, 7) is 2.03. The molecule has 5 nitrogen and oxygen atoms in total. The zero-order chi connectivity index (χ0) is 9.68. The van der Waals surface area contributed by atoms with Crippen molar-refractivity contribution in [2.75, 3.05) is 0 Å². The Labute approximate surface area is 76.4 Å². The topological polar surface area (TPSA) is 68.0 Å². The fraction of sp³-hybridized carbons (Fsp3) is 0.625. The highest BCUT2D eigenvalue weighted by atomic mass is 16.4. The third-order valence-electron chi connectivity index (χ3n) is 1.87. The number of rotatable bonds is 5. The summed E-state index contributed by atoms with van der Waals surface area (Å²) in [5.41, 5.74) is 0. The monoisotopic (exact) mass is 183 g/mol. The number of unbranched alkanes of at least 4 members (excludes halogenated alkanes) is 1. The minimum absolute atomic E-state index is 0.567. The van der Waals surface area contributed by atoms with E-state index in [9.17, 15) is 4.79 Å². The van der Waals surface area contributed by atoms with Gasteiger partial charge in [0.25, 0.3) is 0 Å². The highest BCUT2D eigenvalue weighted by Crippen LogP contribution is 2.13. The van der Waals surface area contributed by atoms with Gasteiger partial charge in [0.1, 0.15) is 12.7 Å². The number of carboxylic acids is 1. The number of hydrogen-bond donors (Lipinski definition) is 1. The van der Waals surface area contributed by atoms with Crippen molar-refractivity contribution in [3.8, 4) is 0 Å². The van der Waals surface area contributed by atoms with Crippen LogP contribution in [0.2, 0.25) is 0 Å². The Kier molecular flexibility index (Phi) is 3.42. The lowest BCUT2D eigenvalue weighted by Crippen LogP contribution is -2.19. The van der Waals surface area contributed by atoms with Crippen molar-refractivity contribution in [2.24, 2.45) is 0 Å². The normalized spacial score (nSPS) is 12.7. The summed E-state index contributed by atoms with van der Waals surface area (Å²) < 4.78 is 1.39. The van der Waals surface area contributed by atoms with Crippen molar-refractivity contribution >= 4 is 5.97 Å². The first-order valence-electron chi connectivity index (χ1n) is 4.32. The van der Waals surface area contributed by atoms with Crippen LogP contribution in [0.15, 0.2) is 12.7 Å². The Hall–Kier alpha value is -1.39. The molecule has 1 N–H and O–H groups in total. The van der Waals surface area contributed by atoms with Crippen LogP contribution in [0.4, 0.5) is 0 Å². The molecule has 72 valence electrons. The molecule has 1 aromatic heterocycles. The van der Waals surface area contributed by atoms with Crippen molar-refractivity contribution < 1.29 is 9.90 Å². The van der Waals surface area contributed by atoms with Crippen LogP contribution in [-0.2, 0) is 4.79 Å². The summed E-state index contributed by atoms with van der Waals surface area (Å²) in [6, 6.07) is -0.567. The Balaban J connectivity index is 2.63. The fourth-order valence-electron chi connectivity index (χ4n) is 1.14. The van der Waals surface area contributed by atoms with E-state index in [1.165, 1.54) is 17.3 Å². The molecule has 0 saturated heterocycles. The predicted molar refractivity (Wildman–Crippen MR) is 46.2 cm³/mol. The van der Waals surface area contributed by atoms with Gasteiger partial charge >= 0.3 is 5.97 Å². The maximum Gasteiger partial charge on any atom is 0.328 e. The van der Waals surface area contributed by atoms with E-state index in [0.29, 0.717) is 6.42 Å². The van der Waals surface area contributed by atoms with Gasteiger partial charge in [-0.05, 0) is 6.42 Å². The Bertz CT molecular complexity index is 258. The summed E-state index contributed by atoms with van der Waals surface area (Å²) in [4.78, 5) is 14.5. The van der Waals surface area contributed by atoms with Crippen LogP contribution in [-0.4, -0.2) is 25.8 Å². The van der Waals surface area contributed by atoms with Crippen LogP contribution in [0.3, 0.4) is 0 Å². The SMILES string of the molecule is CCCCC(C(=O)O)n1cncn1. The van der Waals surface area contributed by atoms with E-state index in [2.05, 4.69) is 10.1 Å². The molecule has 5 heteroatoms. The second-order valence-electron chi connectivity index (χ2n) is 2.87. The van der Waals surface area contributed by atoms with Gasteiger partial charge in [-0.1, -0.05) is 19.8 Å². The van der Waals surface area contributed by atoms with E-state index in [4.69, 9.17) is 5.11 Å². The summed E-state index contributed by atoms with van der Waals surface area (Å²) in [5, 5.41) is 12.7. The van der Waals surface area contributed by atoms with Gasteiger partial charge in [-0.3, -0.25) is 0 Å².